The van der Waals surface area contributed by atoms with Gasteiger partial charge in [0, 0.05) is 32.6 Å². The Hall–Kier alpha value is -0.720. The van der Waals surface area contributed by atoms with Gasteiger partial charge in [-0.05, 0) is 33.5 Å². The standard InChI is InChI=1S/C13H26N4OS/c1-15-7-4-5-11(9-15)17(3)10-13(18)16(2)8-6-12(14)19/h11H,4-10H2,1-3H3,(H2,14,19). The van der Waals surface area contributed by atoms with Crippen LogP contribution in [0.3, 0.4) is 0 Å². The lowest BCUT2D eigenvalue weighted by Crippen LogP contribution is -2.48. The van der Waals surface area contributed by atoms with Crippen LogP contribution in [0, 0.1) is 0 Å². The number of thiocarbonyl (C=S) groups is 1. The minimum atomic E-state index is 0.131. The van der Waals surface area contributed by atoms with Gasteiger partial charge >= 0.3 is 0 Å². The molecular weight excluding hydrogens is 260 g/mol. The molecule has 1 saturated heterocycles. The molecule has 1 fully saturated rings. The smallest absolute Gasteiger partial charge is 0.236 e. The average Bonchev–Trinajstić information content (AvgIpc) is 2.35. The minimum Gasteiger partial charge on any atom is -0.393 e. The van der Waals surface area contributed by atoms with Crippen LogP contribution >= 0.6 is 12.2 Å². The maximum absolute atomic E-state index is 12.1. The molecule has 1 aliphatic rings. The third-order valence-electron chi connectivity index (χ3n) is 3.73. The van der Waals surface area contributed by atoms with Gasteiger partial charge in [0.15, 0.2) is 0 Å². The fourth-order valence-corrected chi connectivity index (χ4v) is 2.46. The van der Waals surface area contributed by atoms with Crippen molar-refractivity contribution in [3.8, 4) is 0 Å². The van der Waals surface area contributed by atoms with Crippen molar-refractivity contribution in [1.29, 1.82) is 0 Å². The Kier molecular flexibility index (Phi) is 6.68. The Morgan fingerprint density at radius 2 is 2.16 bits per heavy atom. The van der Waals surface area contributed by atoms with Crippen molar-refractivity contribution in [2.24, 2.45) is 5.73 Å². The zero-order valence-corrected chi connectivity index (χ0v) is 13.1. The molecule has 1 atom stereocenters. The molecule has 0 aromatic rings. The topological polar surface area (TPSA) is 52.8 Å². The maximum Gasteiger partial charge on any atom is 0.236 e. The number of carbonyl (C=O) groups excluding carboxylic acids is 1. The van der Waals surface area contributed by atoms with Crippen LogP contribution in [0.5, 0.6) is 0 Å². The fourth-order valence-electron chi connectivity index (χ4n) is 2.36. The van der Waals surface area contributed by atoms with Gasteiger partial charge in [0.05, 0.1) is 11.5 Å². The third kappa shape index (κ3) is 5.84. The summed E-state index contributed by atoms with van der Waals surface area (Å²) >= 11 is 4.83. The van der Waals surface area contributed by atoms with Crippen LogP contribution in [-0.4, -0.2) is 79.0 Å². The van der Waals surface area contributed by atoms with E-state index in [4.69, 9.17) is 18.0 Å². The molecule has 110 valence electrons. The molecule has 0 aromatic heterocycles. The molecule has 1 rings (SSSR count). The lowest BCUT2D eigenvalue weighted by molar-refractivity contribution is -0.131. The van der Waals surface area contributed by atoms with Crippen LogP contribution in [0.25, 0.3) is 0 Å². The monoisotopic (exact) mass is 286 g/mol. The molecule has 2 N–H and O–H groups in total. The zero-order valence-electron chi connectivity index (χ0n) is 12.3. The molecule has 0 saturated carbocycles. The van der Waals surface area contributed by atoms with Crippen LogP contribution in [0.4, 0.5) is 0 Å². The predicted molar refractivity (Wildman–Crippen MR) is 82.2 cm³/mol. The molecule has 0 bridgehead atoms. The first-order valence-corrected chi connectivity index (χ1v) is 7.22. The van der Waals surface area contributed by atoms with Gasteiger partial charge in [-0.2, -0.15) is 0 Å². The number of amides is 1. The van der Waals surface area contributed by atoms with Gasteiger partial charge < -0.3 is 15.5 Å². The normalized spacial score (nSPS) is 20.5. The lowest BCUT2D eigenvalue weighted by Gasteiger charge is -2.36. The van der Waals surface area contributed by atoms with E-state index < -0.39 is 0 Å². The maximum atomic E-state index is 12.1. The molecule has 5 nitrogen and oxygen atoms in total. The first kappa shape index (κ1) is 16.3. The number of likely N-dealkylation sites (N-methyl/N-ethyl adjacent to an activating group) is 3. The molecule has 1 heterocycles. The molecule has 1 unspecified atom stereocenters. The van der Waals surface area contributed by atoms with Crippen molar-refractivity contribution in [3.63, 3.8) is 0 Å². The molecule has 19 heavy (non-hydrogen) atoms. The highest BCUT2D eigenvalue weighted by Gasteiger charge is 2.23. The summed E-state index contributed by atoms with van der Waals surface area (Å²) in [5.74, 6) is 0.131. The van der Waals surface area contributed by atoms with Crippen LogP contribution in [0.15, 0.2) is 0 Å². The second-order valence-electron chi connectivity index (χ2n) is 5.51. The Morgan fingerprint density at radius 1 is 1.47 bits per heavy atom. The SMILES string of the molecule is CN1CCCC(N(C)CC(=O)N(C)CCC(N)=S)C1. The van der Waals surface area contributed by atoms with Gasteiger partial charge in [-0.1, -0.05) is 12.2 Å². The molecule has 0 aromatic carbocycles. The average molecular weight is 286 g/mol. The van der Waals surface area contributed by atoms with Crippen LogP contribution < -0.4 is 5.73 Å². The van der Waals surface area contributed by atoms with Crippen molar-refractivity contribution in [3.05, 3.63) is 0 Å². The number of nitrogens with zero attached hydrogens (tertiary/aromatic N) is 3. The van der Waals surface area contributed by atoms with Crippen molar-refractivity contribution in [1.82, 2.24) is 14.7 Å². The number of hydrogen-bond acceptors (Lipinski definition) is 4. The van der Waals surface area contributed by atoms with Crippen molar-refractivity contribution in [2.45, 2.75) is 25.3 Å². The summed E-state index contributed by atoms with van der Waals surface area (Å²) in [4.78, 5) is 18.7. The van der Waals surface area contributed by atoms with E-state index >= 15 is 0 Å². The molecule has 0 spiro atoms. The van der Waals surface area contributed by atoms with E-state index in [1.807, 2.05) is 7.05 Å². The van der Waals surface area contributed by atoms with Crippen molar-refractivity contribution in [2.75, 3.05) is 47.3 Å². The quantitative estimate of drug-likeness (QED) is 0.704. The Balaban J connectivity index is 2.35. The molecule has 1 aliphatic heterocycles. The zero-order chi connectivity index (χ0) is 14.4. The number of rotatable bonds is 6. The van der Waals surface area contributed by atoms with E-state index in [1.54, 1.807) is 11.9 Å². The van der Waals surface area contributed by atoms with Gasteiger partial charge in [-0.25, -0.2) is 0 Å². The second kappa shape index (κ2) is 7.77. The van der Waals surface area contributed by atoms with Gasteiger partial charge in [0.25, 0.3) is 0 Å². The molecule has 0 radical (unpaired) electrons. The van der Waals surface area contributed by atoms with Crippen LogP contribution in [0.2, 0.25) is 0 Å². The summed E-state index contributed by atoms with van der Waals surface area (Å²) in [7, 11) is 5.97. The summed E-state index contributed by atoms with van der Waals surface area (Å²) in [5, 5.41) is 0. The molecule has 1 amide bonds. The van der Waals surface area contributed by atoms with Crippen LogP contribution in [-0.2, 0) is 4.79 Å². The van der Waals surface area contributed by atoms with E-state index in [9.17, 15) is 4.79 Å². The highest BCUT2D eigenvalue weighted by molar-refractivity contribution is 7.80. The Bertz CT molecular complexity index is 324. The molecule has 0 aliphatic carbocycles. The predicted octanol–water partition coefficient (Wildman–Crippen LogP) is 0.147. The summed E-state index contributed by atoms with van der Waals surface area (Å²) in [6, 6.07) is 0.478. The van der Waals surface area contributed by atoms with Gasteiger partial charge in [0.1, 0.15) is 0 Å². The van der Waals surface area contributed by atoms with Crippen LogP contribution in [0.1, 0.15) is 19.3 Å². The van der Waals surface area contributed by atoms with Gasteiger partial charge in [0.2, 0.25) is 5.91 Å². The lowest BCUT2D eigenvalue weighted by atomic mass is 10.1. The minimum absolute atomic E-state index is 0.131. The van der Waals surface area contributed by atoms with Crippen molar-refractivity contribution < 1.29 is 4.79 Å². The van der Waals surface area contributed by atoms with E-state index in [0.717, 1.165) is 13.1 Å². The Labute approximate surface area is 121 Å². The number of piperidine rings is 1. The Morgan fingerprint density at radius 3 is 2.74 bits per heavy atom. The fraction of sp³-hybridized carbons (Fsp3) is 0.846. The summed E-state index contributed by atoms with van der Waals surface area (Å²) in [6.07, 6.45) is 2.97. The third-order valence-corrected chi connectivity index (χ3v) is 3.93. The number of hydrogen-bond donors (Lipinski definition) is 1. The van der Waals surface area contributed by atoms with Crippen molar-refractivity contribution >= 4 is 23.1 Å². The summed E-state index contributed by atoms with van der Waals surface area (Å²) in [5.41, 5.74) is 5.45. The van der Waals surface area contributed by atoms with Gasteiger partial charge in [-0.3, -0.25) is 9.69 Å². The molecule has 6 heteroatoms. The number of carbonyl (C=O) groups is 1. The summed E-state index contributed by atoms with van der Waals surface area (Å²) < 4.78 is 0. The van der Waals surface area contributed by atoms with E-state index in [0.29, 0.717) is 30.5 Å². The van der Waals surface area contributed by atoms with E-state index in [-0.39, 0.29) is 5.91 Å². The first-order chi connectivity index (χ1) is 8.90. The number of nitrogens with two attached hydrogens (primary N) is 1. The largest absolute Gasteiger partial charge is 0.393 e. The highest BCUT2D eigenvalue weighted by Crippen LogP contribution is 2.13. The van der Waals surface area contributed by atoms with E-state index in [2.05, 4.69) is 16.8 Å². The van der Waals surface area contributed by atoms with Gasteiger partial charge in [-0.15, -0.1) is 0 Å². The summed E-state index contributed by atoms with van der Waals surface area (Å²) in [6.45, 7) is 3.27. The second-order valence-corrected chi connectivity index (χ2v) is 6.03. The number of likely N-dealkylation sites (tertiary alicyclic amines) is 1. The molecular formula is C13H26N4OS. The first-order valence-electron chi connectivity index (χ1n) is 6.81. The highest BCUT2D eigenvalue weighted by atomic mass is 32.1. The van der Waals surface area contributed by atoms with E-state index in [1.165, 1.54) is 12.8 Å².